The zero-order chi connectivity index (χ0) is 19.9. The van der Waals surface area contributed by atoms with Crippen molar-refractivity contribution in [2.45, 2.75) is 71.6 Å². The lowest BCUT2D eigenvalue weighted by Gasteiger charge is -2.35. The fourth-order valence-electron chi connectivity index (χ4n) is 4.84. The first-order chi connectivity index (χ1) is 13.6. The Bertz CT molecular complexity index is 699. The second-order valence-electron chi connectivity index (χ2n) is 8.33. The van der Waals surface area contributed by atoms with Crippen LogP contribution in [0.3, 0.4) is 0 Å². The summed E-state index contributed by atoms with van der Waals surface area (Å²) in [5, 5.41) is 0. The van der Waals surface area contributed by atoms with Crippen molar-refractivity contribution in [3.05, 3.63) is 47.6 Å². The van der Waals surface area contributed by atoms with Crippen molar-refractivity contribution >= 4 is 5.57 Å². The van der Waals surface area contributed by atoms with E-state index in [0.29, 0.717) is 18.1 Å². The molecule has 0 saturated heterocycles. The smallest absolute Gasteiger partial charge is 0.201 e. The average Bonchev–Trinajstić information content (AvgIpc) is 2.73. The maximum Gasteiger partial charge on any atom is 0.201 e. The van der Waals surface area contributed by atoms with E-state index in [1.807, 2.05) is 0 Å². The lowest BCUT2D eigenvalue weighted by atomic mass is 9.71. The predicted octanol–water partition coefficient (Wildman–Crippen LogP) is 7.71. The fraction of sp³-hybridized carbons (Fsp3) is 0.600. The van der Waals surface area contributed by atoms with Gasteiger partial charge in [-0.05, 0) is 93.7 Å². The summed E-state index contributed by atoms with van der Waals surface area (Å²) in [5.41, 5.74) is 1.36. The van der Waals surface area contributed by atoms with E-state index in [4.69, 9.17) is 4.74 Å². The first kappa shape index (κ1) is 21.1. The van der Waals surface area contributed by atoms with Crippen LogP contribution in [0.5, 0.6) is 5.75 Å². The zero-order valence-corrected chi connectivity index (χ0v) is 17.4. The lowest BCUT2D eigenvalue weighted by Crippen LogP contribution is -2.22. The van der Waals surface area contributed by atoms with Crippen LogP contribution in [0.15, 0.2) is 30.4 Å². The van der Waals surface area contributed by atoms with E-state index in [9.17, 15) is 8.78 Å². The Balaban J connectivity index is 1.57. The first-order valence-corrected chi connectivity index (χ1v) is 11.1. The standard InChI is InChI=1S/C25H34F2O/c1-3-5-6-7-18-8-10-19(11-9-18)20-12-14-21(15-13-20)22-16-17-23(28-4-2)25(27)24(22)26/h6-7,14,16-20H,3-5,8-13,15H2,1-2H3. The van der Waals surface area contributed by atoms with E-state index < -0.39 is 11.6 Å². The average molecular weight is 389 g/mol. The molecule has 0 radical (unpaired) electrons. The number of allylic oxidation sites excluding steroid dienone is 4. The quantitative estimate of drug-likeness (QED) is 0.435. The molecule has 0 spiro atoms. The van der Waals surface area contributed by atoms with Crippen molar-refractivity contribution in [2.24, 2.45) is 17.8 Å². The summed E-state index contributed by atoms with van der Waals surface area (Å²) < 4.78 is 33.8. The Labute approximate surface area is 168 Å². The minimum Gasteiger partial charge on any atom is -0.491 e. The molecule has 1 atom stereocenters. The third-order valence-electron chi connectivity index (χ3n) is 6.49. The van der Waals surface area contributed by atoms with Gasteiger partial charge in [-0.1, -0.05) is 31.6 Å². The van der Waals surface area contributed by atoms with Crippen molar-refractivity contribution in [3.8, 4) is 5.75 Å². The van der Waals surface area contributed by atoms with E-state index in [2.05, 4.69) is 25.2 Å². The van der Waals surface area contributed by atoms with Crippen LogP contribution in [0, 0.1) is 29.4 Å². The predicted molar refractivity (Wildman–Crippen MR) is 112 cm³/mol. The molecule has 0 N–H and O–H groups in total. The largest absolute Gasteiger partial charge is 0.491 e. The van der Waals surface area contributed by atoms with Crippen LogP contribution in [-0.2, 0) is 0 Å². The summed E-state index contributed by atoms with van der Waals surface area (Å²) in [6.45, 7) is 4.32. The van der Waals surface area contributed by atoms with Gasteiger partial charge in [-0.25, -0.2) is 4.39 Å². The van der Waals surface area contributed by atoms with Gasteiger partial charge < -0.3 is 4.74 Å². The van der Waals surface area contributed by atoms with Gasteiger partial charge in [-0.15, -0.1) is 0 Å². The highest BCUT2D eigenvalue weighted by Crippen LogP contribution is 2.42. The Hall–Kier alpha value is -1.64. The Morgan fingerprint density at radius 3 is 2.43 bits per heavy atom. The number of ether oxygens (including phenoxy) is 1. The van der Waals surface area contributed by atoms with Gasteiger partial charge in [0.05, 0.1) is 6.61 Å². The maximum absolute atomic E-state index is 14.5. The molecule has 1 aromatic carbocycles. The lowest BCUT2D eigenvalue weighted by molar-refractivity contribution is 0.212. The van der Waals surface area contributed by atoms with Crippen LogP contribution < -0.4 is 4.74 Å². The van der Waals surface area contributed by atoms with Crippen LogP contribution in [-0.4, -0.2) is 6.61 Å². The van der Waals surface area contributed by atoms with Gasteiger partial charge in [0.15, 0.2) is 11.6 Å². The normalized spacial score (nSPS) is 25.7. The molecule has 0 bridgehead atoms. The first-order valence-electron chi connectivity index (χ1n) is 11.1. The molecule has 1 fully saturated rings. The molecule has 154 valence electrons. The van der Waals surface area contributed by atoms with E-state index in [1.54, 1.807) is 19.1 Å². The summed E-state index contributed by atoms with van der Waals surface area (Å²) in [6, 6.07) is 3.22. The molecular formula is C25H34F2O. The fourth-order valence-corrected chi connectivity index (χ4v) is 4.84. The molecule has 0 aliphatic heterocycles. The highest BCUT2D eigenvalue weighted by molar-refractivity contribution is 5.67. The Kier molecular flexibility index (Phi) is 7.70. The summed E-state index contributed by atoms with van der Waals surface area (Å²) >= 11 is 0. The van der Waals surface area contributed by atoms with Crippen molar-refractivity contribution in [3.63, 3.8) is 0 Å². The van der Waals surface area contributed by atoms with E-state index in [0.717, 1.165) is 36.7 Å². The number of rotatable bonds is 7. The van der Waals surface area contributed by atoms with E-state index in [1.165, 1.54) is 38.5 Å². The SMILES string of the molecule is CCCC=CC1CCC(C2CC=C(c3ccc(OCC)c(F)c3F)CC2)CC1. The molecule has 1 nitrogen and oxygen atoms in total. The van der Waals surface area contributed by atoms with Gasteiger partial charge in [0.2, 0.25) is 5.82 Å². The molecule has 2 aliphatic rings. The summed E-state index contributed by atoms with van der Waals surface area (Å²) in [7, 11) is 0. The Morgan fingerprint density at radius 2 is 1.79 bits per heavy atom. The zero-order valence-electron chi connectivity index (χ0n) is 17.4. The molecule has 1 aromatic rings. The monoisotopic (exact) mass is 388 g/mol. The third kappa shape index (κ3) is 5.04. The van der Waals surface area contributed by atoms with Crippen molar-refractivity contribution in [2.75, 3.05) is 6.61 Å². The number of unbranched alkanes of at least 4 members (excludes halogenated alkanes) is 1. The molecule has 1 unspecified atom stereocenters. The molecular weight excluding hydrogens is 354 g/mol. The van der Waals surface area contributed by atoms with Gasteiger partial charge in [0.1, 0.15) is 0 Å². The van der Waals surface area contributed by atoms with Gasteiger partial charge >= 0.3 is 0 Å². The van der Waals surface area contributed by atoms with Crippen LogP contribution in [0.4, 0.5) is 8.78 Å². The highest BCUT2D eigenvalue weighted by Gasteiger charge is 2.29. The van der Waals surface area contributed by atoms with Gasteiger partial charge in [-0.2, -0.15) is 4.39 Å². The van der Waals surface area contributed by atoms with Crippen LogP contribution in [0.2, 0.25) is 0 Å². The molecule has 28 heavy (non-hydrogen) atoms. The van der Waals surface area contributed by atoms with Crippen LogP contribution in [0.1, 0.15) is 77.2 Å². The van der Waals surface area contributed by atoms with Gasteiger partial charge in [-0.3, -0.25) is 0 Å². The molecule has 3 heteroatoms. The minimum atomic E-state index is -0.864. The Morgan fingerprint density at radius 1 is 1.00 bits per heavy atom. The molecule has 0 amide bonds. The van der Waals surface area contributed by atoms with Crippen molar-refractivity contribution < 1.29 is 13.5 Å². The van der Waals surface area contributed by atoms with Gasteiger partial charge in [0.25, 0.3) is 0 Å². The summed E-state index contributed by atoms with van der Waals surface area (Å²) in [4.78, 5) is 0. The number of hydrogen-bond acceptors (Lipinski definition) is 1. The van der Waals surface area contributed by atoms with E-state index >= 15 is 0 Å². The van der Waals surface area contributed by atoms with Crippen molar-refractivity contribution in [1.82, 2.24) is 0 Å². The second-order valence-corrected chi connectivity index (χ2v) is 8.33. The molecule has 1 saturated carbocycles. The molecule has 2 aliphatic carbocycles. The molecule has 0 heterocycles. The number of halogens is 2. The van der Waals surface area contributed by atoms with Crippen LogP contribution >= 0.6 is 0 Å². The topological polar surface area (TPSA) is 9.23 Å². The maximum atomic E-state index is 14.5. The van der Waals surface area contributed by atoms with Crippen LogP contribution in [0.25, 0.3) is 5.57 Å². The number of hydrogen-bond donors (Lipinski definition) is 0. The second kappa shape index (κ2) is 10.2. The number of benzene rings is 1. The molecule has 0 aromatic heterocycles. The van der Waals surface area contributed by atoms with E-state index in [-0.39, 0.29) is 5.75 Å². The van der Waals surface area contributed by atoms with Gasteiger partial charge in [0, 0.05) is 5.56 Å². The minimum absolute atomic E-state index is 0.00258. The highest BCUT2D eigenvalue weighted by atomic mass is 19.2. The molecule has 3 rings (SSSR count). The summed E-state index contributed by atoms with van der Waals surface area (Å²) in [5.74, 6) is 0.614. The third-order valence-corrected chi connectivity index (χ3v) is 6.49. The van der Waals surface area contributed by atoms with Crippen molar-refractivity contribution in [1.29, 1.82) is 0 Å². The summed E-state index contributed by atoms with van der Waals surface area (Å²) in [6.07, 6.45) is 17.5.